The van der Waals surface area contributed by atoms with Gasteiger partial charge in [-0.05, 0) is 21.8 Å². The molecule has 104 valence electrons. The Morgan fingerprint density at radius 2 is 1.58 bits per heavy atom. The average molecular weight is 280 g/mol. The Morgan fingerprint density at radius 1 is 1.00 bits per heavy atom. The van der Waals surface area contributed by atoms with E-state index in [1.54, 1.807) is 0 Å². The number of nitrogens with two attached hydrogens (primary N) is 1. The maximum Gasteiger partial charge on any atom is 0.0781 e. The van der Waals surface area contributed by atoms with Crippen LogP contribution in [-0.2, 0) is 0 Å². The number of hydrogen-bond donors (Lipinski definition) is 2. The van der Waals surface area contributed by atoms with Crippen molar-refractivity contribution in [2.75, 3.05) is 0 Å². The van der Waals surface area contributed by atoms with Gasteiger partial charge < -0.3 is 10.8 Å². The van der Waals surface area contributed by atoms with Crippen molar-refractivity contribution in [1.29, 1.82) is 0 Å². The molecule has 0 radical (unpaired) electrons. The van der Waals surface area contributed by atoms with Crippen LogP contribution in [0.25, 0.3) is 10.8 Å². The Kier molecular flexibility index (Phi) is 4.97. The summed E-state index contributed by atoms with van der Waals surface area (Å²) in [5.74, 6) is 0. The molecule has 0 unspecified atom stereocenters. The van der Waals surface area contributed by atoms with Gasteiger partial charge in [-0.15, -0.1) is 12.4 Å². The van der Waals surface area contributed by atoms with E-state index in [2.05, 4.69) is 18.2 Å². The molecule has 3 N–H and O–H groups in total. The highest BCUT2D eigenvalue weighted by molar-refractivity contribution is 5.86. The minimum absolute atomic E-state index is 0. The molecule has 0 saturated heterocycles. The Morgan fingerprint density at radius 3 is 2.21 bits per heavy atom. The summed E-state index contributed by atoms with van der Waals surface area (Å²) in [6.45, 7) is 6.01. The van der Waals surface area contributed by atoms with Gasteiger partial charge in [0, 0.05) is 0 Å². The van der Waals surface area contributed by atoms with E-state index < -0.39 is 6.10 Å². The first kappa shape index (κ1) is 16.0. The average Bonchev–Trinajstić information content (AvgIpc) is 2.35. The Balaban J connectivity index is 0.00000180. The van der Waals surface area contributed by atoms with Crippen molar-refractivity contribution < 1.29 is 5.11 Å². The standard InChI is InChI=1S/C16H21NO.ClH/c1-16(2,3)15(18)14(17)13-10-6-8-11-7-4-5-9-12(11)13;/h4-10,14-15,18H,17H2,1-3H3;1H/t14-,15-;/m1./s1. The molecule has 0 aliphatic heterocycles. The van der Waals surface area contributed by atoms with E-state index >= 15 is 0 Å². The van der Waals surface area contributed by atoms with Crippen LogP contribution in [-0.4, -0.2) is 11.2 Å². The quantitative estimate of drug-likeness (QED) is 0.881. The molecule has 2 aromatic carbocycles. The third-order valence-electron chi connectivity index (χ3n) is 3.41. The van der Waals surface area contributed by atoms with Crippen LogP contribution in [0, 0.1) is 5.41 Å². The number of aliphatic hydroxyl groups is 1. The lowest BCUT2D eigenvalue weighted by Gasteiger charge is -2.31. The van der Waals surface area contributed by atoms with Gasteiger partial charge in [-0.2, -0.15) is 0 Å². The Bertz CT molecular complexity index is 542. The first-order chi connectivity index (χ1) is 8.41. The topological polar surface area (TPSA) is 46.2 Å². The Labute approximate surface area is 121 Å². The molecule has 0 heterocycles. The molecule has 2 atom stereocenters. The molecule has 0 spiro atoms. The zero-order valence-corrected chi connectivity index (χ0v) is 12.4. The van der Waals surface area contributed by atoms with E-state index in [1.807, 2.05) is 45.0 Å². The first-order valence-corrected chi connectivity index (χ1v) is 6.32. The molecule has 2 nitrogen and oxygen atoms in total. The summed E-state index contributed by atoms with van der Waals surface area (Å²) in [6.07, 6.45) is -0.566. The summed E-state index contributed by atoms with van der Waals surface area (Å²) in [4.78, 5) is 0. The number of aliphatic hydroxyl groups excluding tert-OH is 1. The molecule has 2 rings (SSSR count). The maximum atomic E-state index is 10.3. The second-order valence-electron chi connectivity index (χ2n) is 5.91. The summed E-state index contributed by atoms with van der Waals surface area (Å²) in [7, 11) is 0. The van der Waals surface area contributed by atoms with Gasteiger partial charge in [-0.25, -0.2) is 0 Å². The second-order valence-corrected chi connectivity index (χ2v) is 5.91. The molecular formula is C16H22ClNO. The highest BCUT2D eigenvalue weighted by Gasteiger charge is 2.29. The minimum atomic E-state index is -0.566. The zero-order valence-electron chi connectivity index (χ0n) is 11.6. The normalized spacial score (nSPS) is 14.8. The van der Waals surface area contributed by atoms with Crippen molar-refractivity contribution in [2.45, 2.75) is 32.9 Å². The zero-order chi connectivity index (χ0) is 13.3. The summed E-state index contributed by atoms with van der Waals surface area (Å²) < 4.78 is 0. The summed E-state index contributed by atoms with van der Waals surface area (Å²) in [5, 5.41) is 12.6. The largest absolute Gasteiger partial charge is 0.391 e. The lowest BCUT2D eigenvalue weighted by Crippen LogP contribution is -2.37. The number of fused-ring (bicyclic) bond motifs is 1. The van der Waals surface area contributed by atoms with Crippen molar-refractivity contribution in [3.05, 3.63) is 48.0 Å². The van der Waals surface area contributed by atoms with Crippen molar-refractivity contribution in [1.82, 2.24) is 0 Å². The highest BCUT2D eigenvalue weighted by Crippen LogP contribution is 2.31. The predicted molar refractivity (Wildman–Crippen MR) is 83.6 cm³/mol. The lowest BCUT2D eigenvalue weighted by atomic mass is 9.81. The fraction of sp³-hybridized carbons (Fsp3) is 0.375. The van der Waals surface area contributed by atoms with Gasteiger partial charge in [0.05, 0.1) is 12.1 Å². The second kappa shape index (κ2) is 5.91. The van der Waals surface area contributed by atoms with Crippen LogP contribution < -0.4 is 5.73 Å². The van der Waals surface area contributed by atoms with Gasteiger partial charge in [-0.3, -0.25) is 0 Å². The number of hydrogen-bond acceptors (Lipinski definition) is 2. The van der Waals surface area contributed by atoms with Gasteiger partial charge in [0.25, 0.3) is 0 Å². The van der Waals surface area contributed by atoms with E-state index in [-0.39, 0.29) is 23.9 Å². The van der Waals surface area contributed by atoms with Crippen LogP contribution in [0.15, 0.2) is 42.5 Å². The third kappa shape index (κ3) is 3.27. The van der Waals surface area contributed by atoms with E-state index in [0.29, 0.717) is 0 Å². The molecule has 0 fully saturated rings. The predicted octanol–water partition coefficient (Wildman–Crippen LogP) is 3.67. The van der Waals surface area contributed by atoms with Crippen LogP contribution >= 0.6 is 12.4 Å². The van der Waals surface area contributed by atoms with E-state index in [9.17, 15) is 5.11 Å². The fourth-order valence-corrected chi connectivity index (χ4v) is 2.25. The number of rotatable bonds is 2. The van der Waals surface area contributed by atoms with Crippen molar-refractivity contribution in [3.63, 3.8) is 0 Å². The van der Waals surface area contributed by atoms with Gasteiger partial charge >= 0.3 is 0 Å². The molecule has 19 heavy (non-hydrogen) atoms. The van der Waals surface area contributed by atoms with Crippen LogP contribution in [0.1, 0.15) is 32.4 Å². The SMILES string of the molecule is CC(C)(C)[C@H](O)[C@H](N)c1cccc2ccccc12.Cl. The maximum absolute atomic E-state index is 10.3. The van der Waals surface area contributed by atoms with Gasteiger partial charge in [-0.1, -0.05) is 63.2 Å². The molecule has 0 amide bonds. The number of benzene rings is 2. The summed E-state index contributed by atoms with van der Waals surface area (Å²) in [5.41, 5.74) is 7.02. The van der Waals surface area contributed by atoms with Crippen molar-refractivity contribution >= 4 is 23.2 Å². The molecule has 3 heteroatoms. The van der Waals surface area contributed by atoms with Gasteiger partial charge in [0.15, 0.2) is 0 Å². The van der Waals surface area contributed by atoms with Crippen LogP contribution in [0.5, 0.6) is 0 Å². The van der Waals surface area contributed by atoms with Gasteiger partial charge in [0.1, 0.15) is 0 Å². The van der Waals surface area contributed by atoms with Crippen LogP contribution in [0.2, 0.25) is 0 Å². The molecule has 0 aliphatic carbocycles. The Hall–Kier alpha value is -1.09. The first-order valence-electron chi connectivity index (χ1n) is 6.32. The fourth-order valence-electron chi connectivity index (χ4n) is 2.25. The van der Waals surface area contributed by atoms with E-state index in [1.165, 1.54) is 0 Å². The molecule has 0 aliphatic rings. The van der Waals surface area contributed by atoms with E-state index in [4.69, 9.17) is 5.73 Å². The third-order valence-corrected chi connectivity index (χ3v) is 3.41. The smallest absolute Gasteiger partial charge is 0.0781 e. The molecule has 0 aromatic heterocycles. The summed E-state index contributed by atoms with van der Waals surface area (Å²) in [6, 6.07) is 13.8. The number of halogens is 1. The van der Waals surface area contributed by atoms with Crippen molar-refractivity contribution in [2.24, 2.45) is 11.1 Å². The van der Waals surface area contributed by atoms with Gasteiger partial charge in [0.2, 0.25) is 0 Å². The monoisotopic (exact) mass is 279 g/mol. The van der Waals surface area contributed by atoms with Crippen molar-refractivity contribution in [3.8, 4) is 0 Å². The molecule has 2 aromatic rings. The molecule has 0 saturated carbocycles. The minimum Gasteiger partial charge on any atom is -0.391 e. The molecule has 0 bridgehead atoms. The van der Waals surface area contributed by atoms with E-state index in [0.717, 1.165) is 16.3 Å². The van der Waals surface area contributed by atoms with Crippen LogP contribution in [0.4, 0.5) is 0 Å². The summed E-state index contributed by atoms with van der Waals surface area (Å²) >= 11 is 0. The van der Waals surface area contributed by atoms with Crippen LogP contribution in [0.3, 0.4) is 0 Å². The highest BCUT2D eigenvalue weighted by atomic mass is 35.5. The lowest BCUT2D eigenvalue weighted by molar-refractivity contribution is 0.0405. The molecular weight excluding hydrogens is 258 g/mol.